The molecule has 2 aromatic carbocycles. The number of aryl methyl sites for hydroxylation is 1. The summed E-state index contributed by atoms with van der Waals surface area (Å²) < 4.78 is 32.1. The Balaban J connectivity index is 1.94. The van der Waals surface area contributed by atoms with Gasteiger partial charge in [-0.25, -0.2) is 13.1 Å². The van der Waals surface area contributed by atoms with Gasteiger partial charge in [0.1, 0.15) is 5.75 Å². The quantitative estimate of drug-likeness (QED) is 0.812. The summed E-state index contributed by atoms with van der Waals surface area (Å²) in [5, 5.41) is 0. The molecule has 0 aliphatic rings. The predicted molar refractivity (Wildman–Crippen MR) is 90.8 cm³/mol. The fraction of sp³-hybridized carbons (Fsp3) is 0.188. The smallest absolute Gasteiger partial charge is 0.271 e. The van der Waals surface area contributed by atoms with Crippen molar-refractivity contribution >= 4 is 31.9 Å². The van der Waals surface area contributed by atoms with Crippen molar-refractivity contribution in [3.8, 4) is 5.75 Å². The van der Waals surface area contributed by atoms with Gasteiger partial charge in [0.2, 0.25) is 0 Å². The van der Waals surface area contributed by atoms with Gasteiger partial charge in [-0.1, -0.05) is 35.0 Å². The van der Waals surface area contributed by atoms with Gasteiger partial charge < -0.3 is 4.74 Å². The highest BCUT2D eigenvalue weighted by Crippen LogP contribution is 2.15. The Kier molecular flexibility index (Phi) is 5.79. The lowest BCUT2D eigenvalue weighted by Gasteiger charge is -2.09. The van der Waals surface area contributed by atoms with E-state index in [1.807, 2.05) is 23.8 Å². The summed E-state index contributed by atoms with van der Waals surface area (Å²) in [5.41, 5.74) is 1.15. The molecule has 2 aromatic rings. The Bertz CT molecular complexity index is 771. The van der Waals surface area contributed by atoms with Gasteiger partial charge in [-0.2, -0.15) is 0 Å². The maximum absolute atomic E-state index is 12.0. The topological polar surface area (TPSA) is 72.5 Å². The number of hydrogen-bond acceptors (Lipinski definition) is 4. The average molecular weight is 398 g/mol. The number of benzene rings is 2. The van der Waals surface area contributed by atoms with Gasteiger partial charge in [-0.15, -0.1) is 0 Å². The van der Waals surface area contributed by atoms with Crippen LogP contribution < -0.4 is 9.46 Å². The van der Waals surface area contributed by atoms with Gasteiger partial charge in [0.05, 0.1) is 4.90 Å². The molecule has 0 saturated heterocycles. The molecule has 1 N–H and O–H groups in total. The second kappa shape index (κ2) is 7.61. The maximum atomic E-state index is 12.0. The zero-order valence-corrected chi connectivity index (χ0v) is 14.9. The Hall–Kier alpha value is -1.86. The summed E-state index contributed by atoms with van der Waals surface area (Å²) in [4.78, 5) is 11.8. The van der Waals surface area contributed by atoms with Crippen molar-refractivity contribution in [3.63, 3.8) is 0 Å². The number of nitrogens with one attached hydrogen (secondary N) is 1. The van der Waals surface area contributed by atoms with Crippen molar-refractivity contribution in [3.05, 3.63) is 58.6 Å². The average Bonchev–Trinajstić information content (AvgIpc) is 2.53. The van der Waals surface area contributed by atoms with Gasteiger partial charge in [0, 0.05) is 4.47 Å². The van der Waals surface area contributed by atoms with Crippen LogP contribution in [0.2, 0.25) is 0 Å². The molecule has 1 amide bonds. The highest BCUT2D eigenvalue weighted by molar-refractivity contribution is 9.10. The largest absolute Gasteiger partial charge is 0.484 e. The molecule has 0 unspecified atom stereocenters. The van der Waals surface area contributed by atoms with Gasteiger partial charge in [0.25, 0.3) is 15.9 Å². The monoisotopic (exact) mass is 397 g/mol. The number of halogens is 1. The van der Waals surface area contributed by atoms with E-state index in [0.717, 1.165) is 16.5 Å². The number of amides is 1. The molecular formula is C16H16BrNO4S. The second-order valence-electron chi connectivity index (χ2n) is 4.77. The van der Waals surface area contributed by atoms with Gasteiger partial charge in [-0.05, 0) is 48.4 Å². The van der Waals surface area contributed by atoms with E-state index >= 15 is 0 Å². The first-order valence-corrected chi connectivity index (χ1v) is 9.21. The van der Waals surface area contributed by atoms with Crippen molar-refractivity contribution < 1.29 is 17.9 Å². The SMILES string of the molecule is CCc1ccc(OCC(=O)NS(=O)(=O)c2ccc(Br)cc2)cc1. The maximum Gasteiger partial charge on any atom is 0.271 e. The van der Waals surface area contributed by atoms with Gasteiger partial charge >= 0.3 is 0 Å². The number of carbonyl (C=O) groups is 1. The fourth-order valence-corrected chi connectivity index (χ4v) is 3.06. The van der Waals surface area contributed by atoms with E-state index in [0.29, 0.717) is 5.75 Å². The molecule has 0 aromatic heterocycles. The minimum atomic E-state index is -3.89. The van der Waals surface area contributed by atoms with Crippen molar-refractivity contribution in [1.82, 2.24) is 4.72 Å². The van der Waals surface area contributed by atoms with Crippen LogP contribution in [0.4, 0.5) is 0 Å². The first-order chi connectivity index (χ1) is 10.9. The minimum absolute atomic E-state index is 0.0151. The van der Waals surface area contributed by atoms with Crippen molar-refractivity contribution in [2.45, 2.75) is 18.2 Å². The summed E-state index contributed by atoms with van der Waals surface area (Å²) in [6.07, 6.45) is 0.909. The van der Waals surface area contributed by atoms with Crippen molar-refractivity contribution in [1.29, 1.82) is 0 Å². The molecule has 7 heteroatoms. The van der Waals surface area contributed by atoms with E-state index < -0.39 is 15.9 Å². The molecule has 122 valence electrons. The molecule has 0 aliphatic carbocycles. The third-order valence-electron chi connectivity index (χ3n) is 3.07. The molecule has 0 spiro atoms. The lowest BCUT2D eigenvalue weighted by atomic mass is 10.2. The van der Waals surface area contributed by atoms with Crippen LogP contribution in [-0.2, 0) is 21.2 Å². The standard InChI is InChI=1S/C16H16BrNO4S/c1-2-12-3-7-14(8-4-12)22-11-16(19)18-23(20,21)15-9-5-13(17)6-10-15/h3-10H,2,11H2,1H3,(H,18,19). The molecule has 2 rings (SSSR count). The van der Waals surface area contributed by atoms with Crippen LogP contribution in [-0.4, -0.2) is 20.9 Å². The van der Waals surface area contributed by atoms with E-state index in [1.54, 1.807) is 24.3 Å². The molecule has 0 aliphatic heterocycles. The van der Waals surface area contributed by atoms with Gasteiger partial charge in [0.15, 0.2) is 6.61 Å². The third kappa shape index (κ3) is 5.07. The molecule has 23 heavy (non-hydrogen) atoms. The minimum Gasteiger partial charge on any atom is -0.484 e. The van der Waals surface area contributed by atoms with Crippen LogP contribution in [0.5, 0.6) is 5.75 Å². The van der Waals surface area contributed by atoms with Crippen LogP contribution in [0.1, 0.15) is 12.5 Å². The van der Waals surface area contributed by atoms with E-state index in [4.69, 9.17) is 4.74 Å². The van der Waals surface area contributed by atoms with Crippen molar-refractivity contribution in [2.75, 3.05) is 6.61 Å². The van der Waals surface area contributed by atoms with Crippen LogP contribution in [0.3, 0.4) is 0 Å². The molecule has 0 fully saturated rings. The van der Waals surface area contributed by atoms with Crippen molar-refractivity contribution in [2.24, 2.45) is 0 Å². The van der Waals surface area contributed by atoms with E-state index in [9.17, 15) is 13.2 Å². The Morgan fingerprint density at radius 3 is 2.26 bits per heavy atom. The summed E-state index contributed by atoms with van der Waals surface area (Å²) in [5.74, 6) is -0.217. The molecule has 0 atom stereocenters. The normalized spacial score (nSPS) is 11.0. The molecule has 0 saturated carbocycles. The Labute approximate surface area is 143 Å². The lowest BCUT2D eigenvalue weighted by Crippen LogP contribution is -2.34. The summed E-state index contributed by atoms with van der Waals surface area (Å²) in [6, 6.07) is 13.3. The van der Waals surface area contributed by atoms with E-state index in [2.05, 4.69) is 15.9 Å². The van der Waals surface area contributed by atoms with Crippen LogP contribution >= 0.6 is 15.9 Å². The number of rotatable bonds is 6. The summed E-state index contributed by atoms with van der Waals surface area (Å²) in [7, 11) is -3.89. The van der Waals surface area contributed by atoms with Crippen LogP contribution in [0, 0.1) is 0 Å². The number of hydrogen-bond donors (Lipinski definition) is 1. The number of ether oxygens (including phenoxy) is 1. The summed E-state index contributed by atoms with van der Waals surface area (Å²) in [6.45, 7) is 1.66. The molecule has 5 nitrogen and oxygen atoms in total. The first kappa shape index (κ1) is 17.5. The molecular weight excluding hydrogens is 382 g/mol. The zero-order valence-electron chi connectivity index (χ0n) is 12.5. The van der Waals surface area contributed by atoms with Gasteiger partial charge in [-0.3, -0.25) is 4.79 Å². The summed E-state index contributed by atoms with van der Waals surface area (Å²) >= 11 is 3.22. The van der Waals surface area contributed by atoms with E-state index in [1.165, 1.54) is 12.1 Å². The molecule has 0 heterocycles. The number of carbonyl (C=O) groups excluding carboxylic acids is 1. The second-order valence-corrected chi connectivity index (χ2v) is 7.37. The first-order valence-electron chi connectivity index (χ1n) is 6.93. The Morgan fingerprint density at radius 2 is 1.70 bits per heavy atom. The van der Waals surface area contributed by atoms with Crippen LogP contribution in [0.25, 0.3) is 0 Å². The van der Waals surface area contributed by atoms with E-state index in [-0.39, 0.29) is 11.5 Å². The predicted octanol–water partition coefficient (Wildman–Crippen LogP) is 2.90. The number of sulfonamides is 1. The highest BCUT2D eigenvalue weighted by atomic mass is 79.9. The lowest BCUT2D eigenvalue weighted by molar-refractivity contribution is -0.121. The molecule has 0 bridgehead atoms. The highest BCUT2D eigenvalue weighted by Gasteiger charge is 2.17. The Morgan fingerprint density at radius 1 is 1.09 bits per heavy atom. The molecule has 0 radical (unpaired) electrons. The van der Waals surface area contributed by atoms with Crippen LogP contribution in [0.15, 0.2) is 57.9 Å². The third-order valence-corrected chi connectivity index (χ3v) is 4.99. The fourth-order valence-electron chi connectivity index (χ4n) is 1.82. The zero-order chi connectivity index (χ0) is 16.9.